The van der Waals surface area contributed by atoms with Crippen LogP contribution in [0.1, 0.15) is 51.3 Å². The summed E-state index contributed by atoms with van der Waals surface area (Å²) in [6, 6.07) is 69.0. The Kier molecular flexibility index (Phi) is 6.99. The van der Waals surface area contributed by atoms with Crippen molar-refractivity contribution in [2.45, 2.75) is 24.2 Å². The number of aryl methyl sites for hydroxylation is 1. The molecule has 0 fully saturated rings. The van der Waals surface area contributed by atoms with E-state index in [1.807, 2.05) is 0 Å². The number of rotatable bonds is 6. The largest absolute Gasteiger partial charge is 0.457 e. The molecule has 242 valence electrons. The van der Waals surface area contributed by atoms with E-state index >= 15 is 0 Å². The van der Waals surface area contributed by atoms with Crippen LogP contribution in [0.25, 0.3) is 33.0 Å². The van der Waals surface area contributed by atoms with Gasteiger partial charge in [0.05, 0.1) is 5.41 Å². The molecule has 0 saturated heterocycles. The lowest BCUT2D eigenvalue weighted by Gasteiger charge is -2.39. The predicted octanol–water partition coefficient (Wildman–Crippen LogP) is 12.7. The normalized spacial score (nSPS) is 13.9. The highest BCUT2D eigenvalue weighted by Gasteiger charge is 2.52. The maximum atomic E-state index is 6.66. The number of fused-ring (bicyclic) bond motifs is 11. The molecule has 1 aliphatic heterocycles. The van der Waals surface area contributed by atoms with E-state index < -0.39 is 5.41 Å². The molecule has 1 spiro atoms. The van der Waals surface area contributed by atoms with Crippen molar-refractivity contribution in [3.63, 3.8) is 0 Å². The monoisotopic (exact) mass is 652 g/mol. The van der Waals surface area contributed by atoms with Gasteiger partial charge in [-0.05, 0) is 85.8 Å². The Labute approximate surface area is 299 Å². The minimum Gasteiger partial charge on any atom is -0.457 e. The van der Waals surface area contributed by atoms with E-state index in [0.717, 1.165) is 24.3 Å². The number of hydrogen-bond donors (Lipinski definition) is 0. The van der Waals surface area contributed by atoms with E-state index in [2.05, 4.69) is 188 Å². The van der Waals surface area contributed by atoms with E-state index in [9.17, 15) is 0 Å². The Morgan fingerprint density at radius 1 is 0.431 bits per heavy atom. The molecular formula is C50H36O. The molecule has 1 heteroatoms. The second-order valence-corrected chi connectivity index (χ2v) is 13.9. The third-order valence-corrected chi connectivity index (χ3v) is 11.2. The van der Waals surface area contributed by atoms with E-state index in [1.165, 1.54) is 72.0 Å². The van der Waals surface area contributed by atoms with E-state index in [0.29, 0.717) is 0 Å². The Bertz CT molecular complexity index is 2500. The summed E-state index contributed by atoms with van der Waals surface area (Å²) in [7, 11) is 0. The zero-order chi connectivity index (χ0) is 33.8. The van der Waals surface area contributed by atoms with Crippen LogP contribution in [0.2, 0.25) is 0 Å². The molecule has 0 radical (unpaired) electrons. The van der Waals surface area contributed by atoms with Crippen molar-refractivity contribution in [3.8, 4) is 33.8 Å². The molecule has 1 aliphatic carbocycles. The van der Waals surface area contributed by atoms with Crippen LogP contribution in [0.4, 0.5) is 0 Å². The average molecular weight is 653 g/mol. The third-order valence-electron chi connectivity index (χ3n) is 11.2. The molecule has 8 aromatic carbocycles. The standard InChI is InChI=1S/C50H36O/c1-3-14-34(15-4-1)26-32-39(38-29-27-36(28-30-38)35-16-5-2-6-17-35)41-20-13-23-44-49(41)48-40-19-8-7-18-37(40)31-33-45(48)50(44)42-21-9-11-24-46(42)51-47-25-12-10-22-43(47)50/h1-25,27-31,33,39H,26,32H2. The van der Waals surface area contributed by atoms with Gasteiger partial charge in [-0.3, -0.25) is 0 Å². The van der Waals surface area contributed by atoms with Gasteiger partial charge in [0.2, 0.25) is 0 Å². The van der Waals surface area contributed by atoms with Crippen molar-refractivity contribution in [1.29, 1.82) is 0 Å². The van der Waals surface area contributed by atoms with Gasteiger partial charge in [-0.2, -0.15) is 0 Å². The molecule has 1 heterocycles. The van der Waals surface area contributed by atoms with Gasteiger partial charge in [0, 0.05) is 17.0 Å². The maximum Gasteiger partial charge on any atom is 0.132 e. The zero-order valence-corrected chi connectivity index (χ0v) is 28.3. The molecule has 0 N–H and O–H groups in total. The number of hydrogen-bond acceptors (Lipinski definition) is 1. The third kappa shape index (κ3) is 4.62. The van der Waals surface area contributed by atoms with Gasteiger partial charge in [0.25, 0.3) is 0 Å². The highest BCUT2D eigenvalue weighted by molar-refractivity contribution is 6.05. The lowest BCUT2D eigenvalue weighted by molar-refractivity contribution is 0.436. The SMILES string of the molecule is c1ccc(CCC(c2ccc(-c3ccccc3)cc2)c2cccc3c2-c2c(ccc4ccccc24)C32c3ccccc3Oc3ccccc32)cc1. The second-order valence-electron chi connectivity index (χ2n) is 13.9. The molecule has 0 bridgehead atoms. The summed E-state index contributed by atoms with van der Waals surface area (Å²) < 4.78 is 6.66. The molecule has 1 nitrogen and oxygen atoms in total. The van der Waals surface area contributed by atoms with Crippen molar-refractivity contribution in [2.24, 2.45) is 0 Å². The van der Waals surface area contributed by atoms with Crippen LogP contribution in [0, 0.1) is 0 Å². The highest BCUT2D eigenvalue weighted by atomic mass is 16.5. The molecule has 10 rings (SSSR count). The van der Waals surface area contributed by atoms with Gasteiger partial charge in [-0.1, -0.05) is 176 Å². The topological polar surface area (TPSA) is 9.23 Å². The van der Waals surface area contributed by atoms with Crippen LogP contribution in [0.15, 0.2) is 188 Å². The van der Waals surface area contributed by atoms with Crippen LogP contribution in [-0.4, -0.2) is 0 Å². The summed E-state index contributed by atoms with van der Waals surface area (Å²) in [5.41, 5.74) is 13.8. The first-order chi connectivity index (χ1) is 25.3. The van der Waals surface area contributed by atoms with Crippen LogP contribution in [-0.2, 0) is 11.8 Å². The second kappa shape index (κ2) is 12.0. The van der Waals surface area contributed by atoms with Crippen LogP contribution >= 0.6 is 0 Å². The van der Waals surface area contributed by atoms with Crippen molar-refractivity contribution < 1.29 is 4.74 Å². The average Bonchev–Trinajstić information content (AvgIpc) is 3.50. The first-order valence-electron chi connectivity index (χ1n) is 18.0. The molecule has 8 aromatic rings. The molecule has 1 unspecified atom stereocenters. The van der Waals surface area contributed by atoms with Gasteiger partial charge in [0.15, 0.2) is 0 Å². The number of ether oxygens (including phenoxy) is 1. The summed E-state index contributed by atoms with van der Waals surface area (Å²) in [4.78, 5) is 0. The van der Waals surface area contributed by atoms with Crippen molar-refractivity contribution in [3.05, 3.63) is 227 Å². The molecule has 0 amide bonds. The summed E-state index contributed by atoms with van der Waals surface area (Å²) in [6.07, 6.45) is 1.98. The quantitative estimate of drug-likeness (QED) is 0.174. The summed E-state index contributed by atoms with van der Waals surface area (Å²) >= 11 is 0. The smallest absolute Gasteiger partial charge is 0.132 e. The van der Waals surface area contributed by atoms with Gasteiger partial charge in [0.1, 0.15) is 11.5 Å². The van der Waals surface area contributed by atoms with Crippen LogP contribution < -0.4 is 4.74 Å². The van der Waals surface area contributed by atoms with Crippen molar-refractivity contribution >= 4 is 10.8 Å². The predicted molar refractivity (Wildman–Crippen MR) is 210 cm³/mol. The summed E-state index contributed by atoms with van der Waals surface area (Å²) in [5.74, 6) is 2.02. The van der Waals surface area contributed by atoms with Crippen LogP contribution in [0.5, 0.6) is 11.5 Å². The fourth-order valence-corrected chi connectivity index (χ4v) is 9.02. The Balaban J connectivity index is 1.26. The maximum absolute atomic E-state index is 6.66. The Hall–Kier alpha value is -6.18. The lowest BCUT2D eigenvalue weighted by Crippen LogP contribution is -2.32. The molecule has 1 atom stereocenters. The molecule has 2 aliphatic rings. The fourth-order valence-electron chi connectivity index (χ4n) is 9.02. The first-order valence-corrected chi connectivity index (χ1v) is 18.0. The van der Waals surface area contributed by atoms with Gasteiger partial charge >= 0.3 is 0 Å². The summed E-state index contributed by atoms with van der Waals surface area (Å²) in [6.45, 7) is 0. The molecule has 0 aromatic heterocycles. The van der Waals surface area contributed by atoms with E-state index in [4.69, 9.17) is 4.74 Å². The Morgan fingerprint density at radius 3 is 1.76 bits per heavy atom. The number of para-hydroxylation sites is 2. The zero-order valence-electron chi connectivity index (χ0n) is 28.3. The number of benzene rings is 8. The van der Waals surface area contributed by atoms with Gasteiger partial charge in [-0.15, -0.1) is 0 Å². The van der Waals surface area contributed by atoms with Crippen molar-refractivity contribution in [1.82, 2.24) is 0 Å². The van der Waals surface area contributed by atoms with Gasteiger partial charge < -0.3 is 4.74 Å². The van der Waals surface area contributed by atoms with Crippen LogP contribution in [0.3, 0.4) is 0 Å². The van der Waals surface area contributed by atoms with E-state index in [1.54, 1.807) is 0 Å². The molecule has 51 heavy (non-hydrogen) atoms. The lowest BCUT2D eigenvalue weighted by atomic mass is 9.66. The summed E-state index contributed by atoms with van der Waals surface area (Å²) in [5, 5.41) is 2.55. The molecular weight excluding hydrogens is 617 g/mol. The minimum atomic E-state index is -0.517. The fraction of sp³-hybridized carbons (Fsp3) is 0.0800. The highest BCUT2D eigenvalue weighted by Crippen LogP contribution is 2.64. The Morgan fingerprint density at radius 2 is 1.02 bits per heavy atom. The molecule has 0 saturated carbocycles. The van der Waals surface area contributed by atoms with E-state index in [-0.39, 0.29) is 5.92 Å². The van der Waals surface area contributed by atoms with Gasteiger partial charge in [-0.25, -0.2) is 0 Å². The van der Waals surface area contributed by atoms with Crippen molar-refractivity contribution in [2.75, 3.05) is 0 Å². The first kappa shape index (κ1) is 29.7. The minimum absolute atomic E-state index is 0.178.